The van der Waals surface area contributed by atoms with Gasteiger partial charge in [0.2, 0.25) is 10.0 Å². The van der Waals surface area contributed by atoms with E-state index < -0.39 is 10.0 Å². The summed E-state index contributed by atoms with van der Waals surface area (Å²) in [4.78, 5) is 0. The van der Waals surface area contributed by atoms with Crippen LogP contribution in [0.15, 0.2) is 64.2 Å². The number of aromatic nitrogens is 2. The standard InChI is InChI=1S/C21H13Cl3N4O2S2/c22-14-5-3-13(4-6-14)21-16(11-25)18(12-26-32(29,30)20-2-1-9-31-20)27-28(21)19-8-7-15(23)10-17(19)24/h1-10,26H,12H2. The highest BCUT2D eigenvalue weighted by Crippen LogP contribution is 2.33. The van der Waals surface area contributed by atoms with Crippen molar-refractivity contribution in [1.29, 1.82) is 5.26 Å². The summed E-state index contributed by atoms with van der Waals surface area (Å²) in [5, 5.41) is 17.5. The molecular weight excluding hydrogens is 511 g/mol. The summed E-state index contributed by atoms with van der Waals surface area (Å²) in [6, 6.07) is 17.1. The zero-order valence-corrected chi connectivity index (χ0v) is 20.0. The van der Waals surface area contributed by atoms with Crippen molar-refractivity contribution in [3.05, 3.63) is 86.3 Å². The van der Waals surface area contributed by atoms with E-state index in [0.29, 0.717) is 32.0 Å². The number of benzene rings is 2. The van der Waals surface area contributed by atoms with Gasteiger partial charge >= 0.3 is 0 Å². The highest BCUT2D eigenvalue weighted by atomic mass is 35.5. The van der Waals surface area contributed by atoms with Crippen molar-refractivity contribution in [2.24, 2.45) is 0 Å². The molecule has 0 aliphatic heterocycles. The van der Waals surface area contributed by atoms with E-state index in [1.807, 2.05) is 0 Å². The molecule has 4 rings (SSSR count). The van der Waals surface area contributed by atoms with Gasteiger partial charge in [-0.1, -0.05) is 53.0 Å². The van der Waals surface area contributed by atoms with Gasteiger partial charge < -0.3 is 0 Å². The largest absolute Gasteiger partial charge is 0.250 e. The summed E-state index contributed by atoms with van der Waals surface area (Å²) in [6.07, 6.45) is 0. The van der Waals surface area contributed by atoms with E-state index in [1.165, 1.54) is 10.7 Å². The van der Waals surface area contributed by atoms with Gasteiger partial charge in [-0.3, -0.25) is 0 Å². The van der Waals surface area contributed by atoms with Crippen LogP contribution in [0.2, 0.25) is 15.1 Å². The van der Waals surface area contributed by atoms with Gasteiger partial charge in [0.25, 0.3) is 0 Å². The lowest BCUT2D eigenvalue weighted by molar-refractivity contribution is 0.582. The molecule has 0 unspecified atom stereocenters. The smallest absolute Gasteiger partial charge is 0.230 e. The lowest BCUT2D eigenvalue weighted by Crippen LogP contribution is -2.23. The summed E-state index contributed by atoms with van der Waals surface area (Å²) in [5.41, 5.74) is 2.08. The molecule has 32 heavy (non-hydrogen) atoms. The molecule has 2 heterocycles. The first-order valence-electron chi connectivity index (χ1n) is 9.06. The molecule has 0 fully saturated rings. The van der Waals surface area contributed by atoms with Crippen molar-refractivity contribution in [2.45, 2.75) is 10.8 Å². The third-order valence-corrected chi connectivity index (χ3v) is 8.10. The van der Waals surface area contributed by atoms with E-state index in [-0.39, 0.29) is 22.0 Å². The predicted molar refractivity (Wildman–Crippen MR) is 127 cm³/mol. The molecule has 4 aromatic rings. The van der Waals surface area contributed by atoms with Crippen LogP contribution in [0.3, 0.4) is 0 Å². The van der Waals surface area contributed by atoms with Crippen LogP contribution in [0.1, 0.15) is 11.3 Å². The Kier molecular flexibility index (Phi) is 6.58. The fourth-order valence-electron chi connectivity index (χ4n) is 3.06. The Morgan fingerprint density at radius 3 is 2.41 bits per heavy atom. The first kappa shape index (κ1) is 22.8. The molecular formula is C21H13Cl3N4O2S2. The van der Waals surface area contributed by atoms with Crippen LogP contribution in [-0.2, 0) is 16.6 Å². The van der Waals surface area contributed by atoms with Crippen molar-refractivity contribution < 1.29 is 8.42 Å². The Morgan fingerprint density at radius 1 is 1.06 bits per heavy atom. The van der Waals surface area contributed by atoms with Crippen LogP contribution in [0.25, 0.3) is 16.9 Å². The summed E-state index contributed by atoms with van der Waals surface area (Å²) in [7, 11) is -3.74. The second-order valence-electron chi connectivity index (χ2n) is 6.55. The van der Waals surface area contributed by atoms with Crippen LogP contribution in [0, 0.1) is 11.3 Å². The Labute approximate surface area is 203 Å². The molecule has 0 spiro atoms. The Morgan fingerprint density at radius 2 is 1.78 bits per heavy atom. The Hall–Kier alpha value is -2.38. The van der Waals surface area contributed by atoms with Crippen LogP contribution >= 0.6 is 46.1 Å². The molecule has 11 heteroatoms. The molecule has 2 aromatic carbocycles. The van der Waals surface area contributed by atoms with E-state index in [1.54, 1.807) is 53.9 Å². The number of nitrogens with one attached hydrogen (secondary N) is 1. The monoisotopic (exact) mass is 522 g/mol. The van der Waals surface area contributed by atoms with Gasteiger partial charge in [0.1, 0.15) is 15.8 Å². The fourth-order valence-corrected chi connectivity index (χ4v) is 5.70. The minimum atomic E-state index is -3.74. The zero-order chi connectivity index (χ0) is 22.9. The van der Waals surface area contributed by atoms with E-state index in [9.17, 15) is 13.7 Å². The summed E-state index contributed by atoms with van der Waals surface area (Å²) >= 11 is 19.6. The number of hydrogen-bond donors (Lipinski definition) is 1. The van der Waals surface area contributed by atoms with Crippen molar-refractivity contribution in [1.82, 2.24) is 14.5 Å². The van der Waals surface area contributed by atoms with Gasteiger partial charge in [-0.05, 0) is 41.8 Å². The van der Waals surface area contributed by atoms with Gasteiger partial charge in [-0.15, -0.1) is 11.3 Å². The second-order valence-corrected chi connectivity index (χ2v) is 10.8. The van der Waals surface area contributed by atoms with Crippen LogP contribution < -0.4 is 4.72 Å². The van der Waals surface area contributed by atoms with Gasteiger partial charge in [0, 0.05) is 15.6 Å². The Balaban J connectivity index is 1.84. The van der Waals surface area contributed by atoms with Crippen molar-refractivity contribution in [3.8, 4) is 23.0 Å². The van der Waals surface area contributed by atoms with Crippen LogP contribution in [0.4, 0.5) is 0 Å². The van der Waals surface area contributed by atoms with E-state index in [4.69, 9.17) is 34.8 Å². The maximum Gasteiger partial charge on any atom is 0.250 e. The van der Waals surface area contributed by atoms with E-state index in [0.717, 1.165) is 11.3 Å². The molecule has 0 atom stereocenters. The number of sulfonamides is 1. The van der Waals surface area contributed by atoms with E-state index >= 15 is 0 Å². The lowest BCUT2D eigenvalue weighted by Gasteiger charge is -2.10. The first-order valence-corrected chi connectivity index (χ1v) is 12.6. The molecule has 0 saturated heterocycles. The van der Waals surface area contributed by atoms with Crippen molar-refractivity contribution in [3.63, 3.8) is 0 Å². The molecule has 2 aromatic heterocycles. The number of rotatable bonds is 6. The second kappa shape index (κ2) is 9.24. The van der Waals surface area contributed by atoms with Gasteiger partial charge in [-0.2, -0.15) is 10.4 Å². The van der Waals surface area contributed by atoms with Crippen LogP contribution in [-0.4, -0.2) is 18.2 Å². The number of hydrogen-bond acceptors (Lipinski definition) is 5. The molecule has 0 saturated carbocycles. The molecule has 162 valence electrons. The van der Waals surface area contributed by atoms with Gasteiger partial charge in [-0.25, -0.2) is 17.8 Å². The van der Waals surface area contributed by atoms with Crippen molar-refractivity contribution >= 4 is 56.2 Å². The average molecular weight is 524 g/mol. The fraction of sp³-hybridized carbons (Fsp3) is 0.0476. The summed E-state index contributed by atoms with van der Waals surface area (Å²) in [6.45, 7) is -0.179. The maximum absolute atomic E-state index is 12.6. The molecule has 0 aliphatic rings. The molecule has 0 aliphatic carbocycles. The van der Waals surface area contributed by atoms with E-state index in [2.05, 4.69) is 15.9 Å². The minimum Gasteiger partial charge on any atom is -0.230 e. The zero-order valence-electron chi connectivity index (χ0n) is 16.1. The third kappa shape index (κ3) is 4.55. The number of halogens is 3. The maximum atomic E-state index is 12.6. The highest BCUT2D eigenvalue weighted by molar-refractivity contribution is 7.91. The molecule has 6 nitrogen and oxygen atoms in total. The summed E-state index contributed by atoms with van der Waals surface area (Å²) < 4.78 is 29.3. The molecule has 0 radical (unpaired) electrons. The Bertz CT molecular complexity index is 1430. The normalized spacial score (nSPS) is 11.4. The SMILES string of the molecule is N#Cc1c(CNS(=O)(=O)c2cccs2)nn(-c2ccc(Cl)cc2Cl)c1-c1ccc(Cl)cc1. The quantitative estimate of drug-likeness (QED) is 0.340. The predicted octanol–water partition coefficient (Wildman–Crippen LogP) is 5.91. The topological polar surface area (TPSA) is 87.8 Å². The number of thiophene rings is 1. The molecule has 1 N–H and O–H groups in total. The molecule has 0 amide bonds. The number of nitrogens with zero attached hydrogens (tertiary/aromatic N) is 3. The van der Waals surface area contributed by atoms with Crippen molar-refractivity contribution in [2.75, 3.05) is 0 Å². The van der Waals surface area contributed by atoms with Crippen LogP contribution in [0.5, 0.6) is 0 Å². The summed E-state index contributed by atoms with van der Waals surface area (Å²) in [5.74, 6) is 0. The highest BCUT2D eigenvalue weighted by Gasteiger charge is 2.24. The van der Waals surface area contributed by atoms with Gasteiger partial charge in [0.15, 0.2) is 0 Å². The number of nitriles is 1. The minimum absolute atomic E-state index is 0.175. The van der Waals surface area contributed by atoms with Gasteiger partial charge in [0.05, 0.1) is 28.6 Å². The first-order chi connectivity index (χ1) is 15.3. The average Bonchev–Trinajstić information content (AvgIpc) is 3.42. The lowest BCUT2D eigenvalue weighted by atomic mass is 10.1. The third-order valence-electron chi connectivity index (χ3n) is 4.51. The molecule has 0 bridgehead atoms.